The number of hydrogen-bond acceptors (Lipinski definition) is 3. The number of anilines is 1. The van der Waals surface area contributed by atoms with Gasteiger partial charge in [0.2, 0.25) is 5.91 Å². The summed E-state index contributed by atoms with van der Waals surface area (Å²) in [4.78, 5) is 14.4. The molecule has 1 amide bonds. The minimum Gasteiger partial charge on any atom is -0.325 e. The fourth-order valence-electron chi connectivity index (χ4n) is 2.51. The van der Waals surface area contributed by atoms with Crippen LogP contribution in [0.25, 0.3) is 0 Å². The number of carbonyl (C=O) groups excluding carboxylic acids is 1. The molecule has 1 N–H and O–H groups in total. The van der Waals surface area contributed by atoms with Gasteiger partial charge in [-0.1, -0.05) is 38.1 Å². The SMILES string of the molecule is CC(C)c1ccc(CN(C)[C@@H](C)C(=O)Nc2ccc(C#N)cc2)cc1. The summed E-state index contributed by atoms with van der Waals surface area (Å²) in [6, 6.07) is 17.2. The minimum absolute atomic E-state index is 0.0639. The van der Waals surface area contributed by atoms with Crippen LogP contribution in [0.5, 0.6) is 0 Å². The molecule has 0 fully saturated rings. The molecule has 0 bridgehead atoms. The highest BCUT2D eigenvalue weighted by Crippen LogP contribution is 2.16. The maximum Gasteiger partial charge on any atom is 0.241 e. The minimum atomic E-state index is -0.264. The van der Waals surface area contributed by atoms with E-state index in [-0.39, 0.29) is 11.9 Å². The number of nitrogens with zero attached hydrogens (tertiary/aromatic N) is 2. The van der Waals surface area contributed by atoms with Crippen LogP contribution >= 0.6 is 0 Å². The van der Waals surface area contributed by atoms with E-state index in [2.05, 4.69) is 49.5 Å². The van der Waals surface area contributed by atoms with E-state index in [0.29, 0.717) is 23.7 Å². The van der Waals surface area contributed by atoms with Gasteiger partial charge in [-0.3, -0.25) is 9.69 Å². The van der Waals surface area contributed by atoms with Gasteiger partial charge < -0.3 is 5.32 Å². The highest BCUT2D eigenvalue weighted by molar-refractivity contribution is 5.94. The lowest BCUT2D eigenvalue weighted by molar-refractivity contribution is -0.120. The van der Waals surface area contributed by atoms with Gasteiger partial charge in [0.15, 0.2) is 0 Å². The highest BCUT2D eigenvalue weighted by atomic mass is 16.2. The summed E-state index contributed by atoms with van der Waals surface area (Å²) in [5, 5.41) is 11.7. The molecule has 0 aromatic heterocycles. The Morgan fingerprint density at radius 1 is 1.08 bits per heavy atom. The monoisotopic (exact) mass is 335 g/mol. The maximum atomic E-state index is 12.4. The Labute approximate surface area is 150 Å². The van der Waals surface area contributed by atoms with E-state index in [1.165, 1.54) is 11.1 Å². The molecule has 4 nitrogen and oxygen atoms in total. The summed E-state index contributed by atoms with van der Waals surface area (Å²) >= 11 is 0. The number of benzene rings is 2. The van der Waals surface area contributed by atoms with Crippen molar-refractivity contribution in [2.24, 2.45) is 0 Å². The first-order valence-corrected chi connectivity index (χ1v) is 8.51. The maximum absolute atomic E-state index is 12.4. The van der Waals surface area contributed by atoms with Crippen molar-refractivity contribution >= 4 is 11.6 Å². The zero-order valence-corrected chi connectivity index (χ0v) is 15.3. The fourth-order valence-corrected chi connectivity index (χ4v) is 2.51. The van der Waals surface area contributed by atoms with Crippen LogP contribution in [0.15, 0.2) is 48.5 Å². The molecular weight excluding hydrogens is 310 g/mol. The molecular formula is C21H25N3O. The van der Waals surface area contributed by atoms with E-state index >= 15 is 0 Å². The lowest BCUT2D eigenvalue weighted by Gasteiger charge is -2.24. The summed E-state index contributed by atoms with van der Waals surface area (Å²) < 4.78 is 0. The molecule has 0 heterocycles. The third-order valence-electron chi connectivity index (χ3n) is 4.40. The summed E-state index contributed by atoms with van der Waals surface area (Å²) in [6.45, 7) is 6.95. The molecule has 0 unspecified atom stereocenters. The molecule has 0 saturated heterocycles. The normalized spacial score (nSPS) is 12.0. The molecule has 0 aliphatic rings. The number of carbonyl (C=O) groups is 1. The quantitative estimate of drug-likeness (QED) is 0.863. The third kappa shape index (κ3) is 5.17. The number of hydrogen-bond donors (Lipinski definition) is 1. The van der Waals surface area contributed by atoms with Gasteiger partial charge in [0.25, 0.3) is 0 Å². The zero-order chi connectivity index (χ0) is 18.4. The molecule has 1 atom stereocenters. The lowest BCUT2D eigenvalue weighted by atomic mass is 10.0. The second kappa shape index (κ2) is 8.46. The topological polar surface area (TPSA) is 56.1 Å². The Bertz CT molecular complexity index is 742. The van der Waals surface area contributed by atoms with E-state index < -0.39 is 0 Å². The summed E-state index contributed by atoms with van der Waals surface area (Å²) in [5.74, 6) is 0.454. The number of amides is 1. The van der Waals surface area contributed by atoms with E-state index in [1.807, 2.05) is 18.9 Å². The van der Waals surface area contributed by atoms with Crippen molar-refractivity contribution in [3.05, 3.63) is 65.2 Å². The van der Waals surface area contributed by atoms with Crippen molar-refractivity contribution in [1.29, 1.82) is 5.26 Å². The average molecular weight is 335 g/mol. The van der Waals surface area contributed by atoms with Gasteiger partial charge in [0.05, 0.1) is 17.7 Å². The van der Waals surface area contributed by atoms with Crippen molar-refractivity contribution in [2.75, 3.05) is 12.4 Å². The molecule has 130 valence electrons. The first-order valence-electron chi connectivity index (χ1n) is 8.51. The van der Waals surface area contributed by atoms with E-state index in [4.69, 9.17) is 5.26 Å². The van der Waals surface area contributed by atoms with Gasteiger partial charge in [-0.05, 0) is 55.3 Å². The second-order valence-electron chi connectivity index (χ2n) is 6.67. The Kier molecular flexibility index (Phi) is 6.32. The van der Waals surface area contributed by atoms with Crippen molar-refractivity contribution in [2.45, 2.75) is 39.3 Å². The molecule has 2 rings (SSSR count). The molecule has 0 aliphatic heterocycles. The van der Waals surface area contributed by atoms with Crippen molar-refractivity contribution in [3.63, 3.8) is 0 Å². The van der Waals surface area contributed by atoms with Gasteiger partial charge in [0, 0.05) is 12.2 Å². The van der Waals surface area contributed by atoms with Crippen LogP contribution in [-0.2, 0) is 11.3 Å². The third-order valence-corrected chi connectivity index (χ3v) is 4.40. The van der Waals surface area contributed by atoms with Crippen LogP contribution in [0, 0.1) is 11.3 Å². The van der Waals surface area contributed by atoms with Crippen LogP contribution in [-0.4, -0.2) is 23.9 Å². The van der Waals surface area contributed by atoms with E-state index in [1.54, 1.807) is 24.3 Å². The predicted molar refractivity (Wildman–Crippen MR) is 101 cm³/mol. The van der Waals surface area contributed by atoms with Crippen molar-refractivity contribution in [1.82, 2.24) is 4.90 Å². The number of likely N-dealkylation sites (N-methyl/N-ethyl adjacent to an activating group) is 1. The Hall–Kier alpha value is -2.64. The van der Waals surface area contributed by atoms with Crippen LogP contribution in [0.3, 0.4) is 0 Å². The highest BCUT2D eigenvalue weighted by Gasteiger charge is 2.18. The van der Waals surface area contributed by atoms with Crippen LogP contribution < -0.4 is 5.32 Å². The van der Waals surface area contributed by atoms with Crippen LogP contribution in [0.4, 0.5) is 5.69 Å². The molecule has 25 heavy (non-hydrogen) atoms. The fraction of sp³-hybridized carbons (Fsp3) is 0.333. The zero-order valence-electron chi connectivity index (χ0n) is 15.3. The number of rotatable bonds is 6. The van der Waals surface area contributed by atoms with Crippen LogP contribution in [0.2, 0.25) is 0 Å². The van der Waals surface area contributed by atoms with E-state index in [0.717, 1.165) is 0 Å². The lowest BCUT2D eigenvalue weighted by Crippen LogP contribution is -2.39. The first-order chi connectivity index (χ1) is 11.9. The standard InChI is InChI=1S/C21H25N3O/c1-15(2)19-9-5-18(6-10-19)14-24(4)16(3)21(25)23-20-11-7-17(13-22)8-12-20/h5-12,15-16H,14H2,1-4H3,(H,23,25)/t16-/m0/s1. The van der Waals surface area contributed by atoms with E-state index in [9.17, 15) is 4.79 Å². The molecule has 4 heteroatoms. The number of nitriles is 1. The van der Waals surface area contributed by atoms with Gasteiger partial charge in [-0.25, -0.2) is 0 Å². The number of nitrogens with one attached hydrogen (secondary N) is 1. The summed E-state index contributed by atoms with van der Waals surface area (Å²) in [7, 11) is 1.94. The predicted octanol–water partition coefficient (Wildman–Crippen LogP) is 4.14. The Balaban J connectivity index is 1.94. The molecule has 0 spiro atoms. The Morgan fingerprint density at radius 2 is 1.68 bits per heavy atom. The molecule has 2 aromatic carbocycles. The summed E-state index contributed by atoms with van der Waals surface area (Å²) in [6.07, 6.45) is 0. The largest absolute Gasteiger partial charge is 0.325 e. The molecule has 0 radical (unpaired) electrons. The Morgan fingerprint density at radius 3 is 2.20 bits per heavy atom. The molecule has 2 aromatic rings. The van der Waals surface area contributed by atoms with Gasteiger partial charge in [0.1, 0.15) is 0 Å². The smallest absolute Gasteiger partial charge is 0.241 e. The van der Waals surface area contributed by atoms with Gasteiger partial charge >= 0.3 is 0 Å². The van der Waals surface area contributed by atoms with Crippen molar-refractivity contribution < 1.29 is 4.79 Å². The summed E-state index contributed by atoms with van der Waals surface area (Å²) in [5.41, 5.74) is 3.78. The average Bonchev–Trinajstić information content (AvgIpc) is 2.62. The molecule has 0 aliphatic carbocycles. The second-order valence-corrected chi connectivity index (χ2v) is 6.67. The first kappa shape index (κ1) is 18.7. The van der Waals surface area contributed by atoms with Crippen molar-refractivity contribution in [3.8, 4) is 6.07 Å². The van der Waals surface area contributed by atoms with Crippen LogP contribution in [0.1, 0.15) is 43.4 Å². The van der Waals surface area contributed by atoms with Gasteiger partial charge in [-0.15, -0.1) is 0 Å². The van der Waals surface area contributed by atoms with Gasteiger partial charge in [-0.2, -0.15) is 5.26 Å². The molecule has 0 saturated carbocycles.